The zero-order valence-electron chi connectivity index (χ0n) is 13.2. The molecule has 0 spiro atoms. The molecule has 1 fully saturated rings. The molecule has 2 atom stereocenters. The van der Waals surface area contributed by atoms with Crippen LogP contribution in [0.15, 0.2) is 35.3 Å². The highest BCUT2D eigenvalue weighted by molar-refractivity contribution is 5.85. The highest BCUT2D eigenvalue weighted by Crippen LogP contribution is 2.37. The Morgan fingerprint density at radius 1 is 1.24 bits per heavy atom. The number of nitrogens with zero attached hydrogens (tertiary/aromatic N) is 2. The third-order valence-corrected chi connectivity index (χ3v) is 4.85. The van der Waals surface area contributed by atoms with E-state index in [9.17, 15) is 18.0 Å². The summed E-state index contributed by atoms with van der Waals surface area (Å²) in [5, 5.41) is 3.33. The summed E-state index contributed by atoms with van der Waals surface area (Å²) in [5.41, 5.74) is -0.206. The van der Waals surface area contributed by atoms with Gasteiger partial charge in [0.25, 0.3) is 5.56 Å². The van der Waals surface area contributed by atoms with Crippen molar-refractivity contribution in [2.75, 3.05) is 13.1 Å². The molecule has 0 saturated carbocycles. The summed E-state index contributed by atoms with van der Waals surface area (Å²) in [5.74, 6) is 0.559. The Labute approximate surface area is 148 Å². The minimum Gasteiger partial charge on any atom is -0.316 e. The third-order valence-electron chi connectivity index (χ3n) is 4.85. The number of alkyl halides is 3. The van der Waals surface area contributed by atoms with E-state index in [4.69, 9.17) is 0 Å². The monoisotopic (exact) mass is 371 g/mol. The number of halogens is 4. The van der Waals surface area contributed by atoms with E-state index in [2.05, 4.69) is 10.3 Å². The molecule has 2 aromatic rings. The highest BCUT2D eigenvalue weighted by atomic mass is 35.5. The van der Waals surface area contributed by atoms with Gasteiger partial charge in [0.15, 0.2) is 0 Å². The molecule has 2 bridgehead atoms. The van der Waals surface area contributed by atoms with Gasteiger partial charge in [-0.2, -0.15) is 13.2 Å². The molecule has 1 N–H and O–H groups in total. The molecular formula is C17H17ClF3N3O. The smallest absolute Gasteiger partial charge is 0.316 e. The average molecular weight is 372 g/mol. The van der Waals surface area contributed by atoms with Crippen LogP contribution in [0.3, 0.4) is 0 Å². The van der Waals surface area contributed by atoms with Crippen LogP contribution in [0.25, 0.3) is 11.3 Å². The molecule has 0 aromatic carbocycles. The molecule has 0 unspecified atom stereocenters. The molecule has 8 heteroatoms. The largest absolute Gasteiger partial charge is 0.418 e. The summed E-state index contributed by atoms with van der Waals surface area (Å²) >= 11 is 0. The molecule has 25 heavy (non-hydrogen) atoms. The van der Waals surface area contributed by atoms with Gasteiger partial charge in [-0.15, -0.1) is 12.4 Å². The fraction of sp³-hybridized carbons (Fsp3) is 0.412. The molecule has 1 saturated heterocycles. The van der Waals surface area contributed by atoms with Crippen LogP contribution in [0.4, 0.5) is 13.2 Å². The second-order valence-corrected chi connectivity index (χ2v) is 6.47. The van der Waals surface area contributed by atoms with Gasteiger partial charge in [-0.3, -0.25) is 9.78 Å². The second-order valence-electron chi connectivity index (χ2n) is 6.47. The van der Waals surface area contributed by atoms with Crippen molar-refractivity contribution in [2.45, 2.75) is 25.1 Å². The minimum atomic E-state index is -4.51. The molecular weight excluding hydrogens is 355 g/mol. The van der Waals surface area contributed by atoms with Crippen molar-refractivity contribution in [1.29, 1.82) is 0 Å². The molecule has 0 aliphatic carbocycles. The molecule has 0 radical (unpaired) electrons. The number of pyridine rings is 2. The lowest BCUT2D eigenvalue weighted by Gasteiger charge is -2.37. The summed E-state index contributed by atoms with van der Waals surface area (Å²) in [6.07, 6.45) is -2.22. The highest BCUT2D eigenvalue weighted by Gasteiger charge is 2.35. The lowest BCUT2D eigenvalue weighted by molar-refractivity contribution is -0.137. The SMILES string of the molecule is Cl.O=c1cc(-c2ncccc2C(F)(F)F)cc2n1C[C@@H]1CNC[C@H]2C1. The van der Waals surface area contributed by atoms with Crippen LogP contribution in [-0.4, -0.2) is 22.6 Å². The van der Waals surface area contributed by atoms with Crippen LogP contribution < -0.4 is 10.9 Å². The van der Waals surface area contributed by atoms with E-state index < -0.39 is 11.7 Å². The Balaban J connectivity index is 0.00000182. The first-order chi connectivity index (χ1) is 11.4. The van der Waals surface area contributed by atoms with Gasteiger partial charge < -0.3 is 9.88 Å². The van der Waals surface area contributed by atoms with Crippen LogP contribution in [0.5, 0.6) is 0 Å². The Morgan fingerprint density at radius 3 is 2.80 bits per heavy atom. The summed E-state index contributed by atoms with van der Waals surface area (Å²) in [6, 6.07) is 5.23. The Kier molecular flexibility index (Phi) is 4.64. The molecule has 2 aliphatic rings. The van der Waals surface area contributed by atoms with Gasteiger partial charge in [-0.05, 0) is 37.1 Å². The van der Waals surface area contributed by atoms with Gasteiger partial charge in [0.2, 0.25) is 0 Å². The zero-order valence-corrected chi connectivity index (χ0v) is 14.0. The molecule has 2 aliphatic heterocycles. The number of hydrogen-bond acceptors (Lipinski definition) is 3. The fourth-order valence-corrected chi connectivity index (χ4v) is 3.80. The molecule has 2 aromatic heterocycles. The van der Waals surface area contributed by atoms with E-state index in [1.807, 2.05) is 0 Å². The van der Waals surface area contributed by atoms with E-state index in [0.29, 0.717) is 12.5 Å². The maximum absolute atomic E-state index is 13.2. The zero-order chi connectivity index (χ0) is 16.9. The molecule has 4 nitrogen and oxygen atoms in total. The second kappa shape index (κ2) is 6.46. The molecule has 134 valence electrons. The van der Waals surface area contributed by atoms with Gasteiger partial charge in [0.1, 0.15) is 0 Å². The first kappa shape index (κ1) is 17.9. The Morgan fingerprint density at radius 2 is 2.04 bits per heavy atom. The maximum atomic E-state index is 13.2. The first-order valence-corrected chi connectivity index (χ1v) is 7.91. The van der Waals surface area contributed by atoms with E-state index in [0.717, 1.165) is 31.3 Å². The quantitative estimate of drug-likeness (QED) is 0.838. The van der Waals surface area contributed by atoms with Gasteiger partial charge in [0.05, 0.1) is 11.3 Å². The van der Waals surface area contributed by atoms with Crippen LogP contribution >= 0.6 is 12.4 Å². The van der Waals surface area contributed by atoms with Crippen molar-refractivity contribution >= 4 is 12.4 Å². The van der Waals surface area contributed by atoms with E-state index in [1.54, 1.807) is 10.6 Å². The third kappa shape index (κ3) is 3.18. The van der Waals surface area contributed by atoms with Gasteiger partial charge in [-0.25, -0.2) is 0 Å². The number of fused-ring (bicyclic) bond motifs is 4. The van der Waals surface area contributed by atoms with E-state index in [-0.39, 0.29) is 35.1 Å². The van der Waals surface area contributed by atoms with Crippen molar-refractivity contribution in [3.05, 3.63) is 52.1 Å². The lowest BCUT2D eigenvalue weighted by Crippen LogP contribution is -2.44. The van der Waals surface area contributed by atoms with E-state index in [1.165, 1.54) is 18.3 Å². The predicted octanol–water partition coefficient (Wildman–Crippen LogP) is 3.06. The summed E-state index contributed by atoms with van der Waals surface area (Å²) in [4.78, 5) is 16.4. The lowest BCUT2D eigenvalue weighted by atomic mass is 9.83. The van der Waals surface area contributed by atoms with Crippen molar-refractivity contribution in [3.63, 3.8) is 0 Å². The number of hydrogen-bond donors (Lipinski definition) is 1. The van der Waals surface area contributed by atoms with Crippen molar-refractivity contribution in [2.24, 2.45) is 5.92 Å². The maximum Gasteiger partial charge on any atom is 0.418 e. The summed E-state index contributed by atoms with van der Waals surface area (Å²) in [7, 11) is 0. The molecule has 0 amide bonds. The summed E-state index contributed by atoms with van der Waals surface area (Å²) in [6.45, 7) is 2.24. The predicted molar refractivity (Wildman–Crippen MR) is 89.9 cm³/mol. The van der Waals surface area contributed by atoms with Crippen molar-refractivity contribution in [3.8, 4) is 11.3 Å². The van der Waals surface area contributed by atoms with Crippen molar-refractivity contribution in [1.82, 2.24) is 14.9 Å². The van der Waals surface area contributed by atoms with Crippen LogP contribution in [0, 0.1) is 5.92 Å². The first-order valence-electron chi connectivity index (χ1n) is 7.91. The number of rotatable bonds is 1. The van der Waals surface area contributed by atoms with E-state index >= 15 is 0 Å². The molecule has 4 rings (SSSR count). The summed E-state index contributed by atoms with van der Waals surface area (Å²) < 4.78 is 41.4. The minimum absolute atomic E-state index is 0. The standard InChI is InChI=1S/C17H16F3N3O.ClH/c18-17(19,20)13-2-1-3-22-16(13)11-5-14-12-4-10(7-21-8-12)9-23(14)15(24)6-11;/h1-3,5-6,10,12,21H,4,7-9H2;1H/t10-,12+;/m0./s1. The van der Waals surface area contributed by atoms with Gasteiger partial charge >= 0.3 is 6.18 Å². The van der Waals surface area contributed by atoms with Gasteiger partial charge in [0, 0.05) is 42.5 Å². The number of piperidine rings is 1. The topological polar surface area (TPSA) is 46.9 Å². The van der Waals surface area contributed by atoms with Crippen LogP contribution in [0.2, 0.25) is 0 Å². The normalized spacial score (nSPS) is 22.0. The van der Waals surface area contributed by atoms with Crippen LogP contribution in [-0.2, 0) is 12.7 Å². The fourth-order valence-electron chi connectivity index (χ4n) is 3.80. The number of nitrogens with one attached hydrogen (secondary N) is 1. The molecule has 4 heterocycles. The number of aromatic nitrogens is 2. The van der Waals surface area contributed by atoms with Crippen molar-refractivity contribution < 1.29 is 13.2 Å². The van der Waals surface area contributed by atoms with Crippen LogP contribution in [0.1, 0.15) is 23.6 Å². The Hall–Kier alpha value is -1.86. The van der Waals surface area contributed by atoms with Gasteiger partial charge in [-0.1, -0.05) is 0 Å². The Bertz CT molecular complexity index is 850. The average Bonchev–Trinajstić information content (AvgIpc) is 2.55.